The monoisotopic (exact) mass is 400 g/mol. The molecular formula is C23H21NaO5. The van der Waals surface area contributed by atoms with Crippen LogP contribution in [0.25, 0.3) is 0 Å². The number of rotatable bonds is 7. The van der Waals surface area contributed by atoms with Gasteiger partial charge in [-0.1, -0.05) is 36.4 Å². The van der Waals surface area contributed by atoms with Crippen molar-refractivity contribution in [1.29, 1.82) is 0 Å². The van der Waals surface area contributed by atoms with E-state index in [1.807, 2.05) is 0 Å². The van der Waals surface area contributed by atoms with Crippen LogP contribution in [0.2, 0.25) is 0 Å². The smallest absolute Gasteiger partial charge is 0.548 e. The van der Waals surface area contributed by atoms with Gasteiger partial charge >= 0.3 is 29.6 Å². The molecule has 0 saturated heterocycles. The largest absolute Gasteiger partial charge is 1.00 e. The summed E-state index contributed by atoms with van der Waals surface area (Å²) in [7, 11) is 4.69. The first-order valence-electron chi connectivity index (χ1n) is 8.71. The number of methoxy groups -OCH3 is 3. The van der Waals surface area contributed by atoms with Crippen LogP contribution in [0, 0.1) is 0 Å². The second-order valence-corrected chi connectivity index (χ2v) is 6.22. The van der Waals surface area contributed by atoms with Crippen LogP contribution >= 0.6 is 0 Å². The van der Waals surface area contributed by atoms with Crippen LogP contribution in [0.15, 0.2) is 72.8 Å². The van der Waals surface area contributed by atoms with Gasteiger partial charge in [-0.3, -0.25) is 0 Å². The van der Waals surface area contributed by atoms with E-state index in [1.165, 1.54) is 0 Å². The zero-order chi connectivity index (χ0) is 20.1. The Kier molecular flexibility index (Phi) is 7.73. The van der Waals surface area contributed by atoms with Crippen molar-refractivity contribution < 1.29 is 53.7 Å². The molecule has 3 rings (SSSR count). The predicted octanol–water partition coefficient (Wildman–Crippen LogP) is -0.199. The van der Waals surface area contributed by atoms with Crippen molar-refractivity contribution in [3.63, 3.8) is 0 Å². The molecule has 3 aromatic carbocycles. The third-order valence-electron chi connectivity index (χ3n) is 4.88. The van der Waals surface area contributed by atoms with Gasteiger partial charge < -0.3 is 24.1 Å². The number of carboxylic acids is 1. The summed E-state index contributed by atoms with van der Waals surface area (Å²) in [6, 6.07) is 20.9. The van der Waals surface area contributed by atoms with E-state index in [9.17, 15) is 9.90 Å². The fourth-order valence-corrected chi connectivity index (χ4v) is 3.38. The number of hydrogen-bond donors (Lipinski definition) is 0. The molecule has 0 aliphatic carbocycles. The molecule has 0 amide bonds. The molecule has 0 aliphatic rings. The number of ether oxygens (including phenoxy) is 3. The van der Waals surface area contributed by atoms with Crippen LogP contribution in [-0.4, -0.2) is 27.3 Å². The summed E-state index contributed by atoms with van der Waals surface area (Å²) in [5.74, 6) is 0.689. The summed E-state index contributed by atoms with van der Waals surface area (Å²) < 4.78 is 15.7. The van der Waals surface area contributed by atoms with Crippen molar-refractivity contribution >= 4 is 5.97 Å². The maximum atomic E-state index is 12.7. The van der Waals surface area contributed by atoms with Gasteiger partial charge in [0.1, 0.15) is 17.2 Å². The Morgan fingerprint density at radius 1 is 0.621 bits per heavy atom. The van der Waals surface area contributed by atoms with E-state index in [4.69, 9.17) is 14.2 Å². The summed E-state index contributed by atoms with van der Waals surface area (Å²) >= 11 is 0. The average Bonchev–Trinajstić information content (AvgIpc) is 2.75. The van der Waals surface area contributed by atoms with Gasteiger partial charge in [0.15, 0.2) is 0 Å². The van der Waals surface area contributed by atoms with Crippen LogP contribution in [-0.2, 0) is 10.2 Å². The molecule has 29 heavy (non-hydrogen) atoms. The van der Waals surface area contributed by atoms with Gasteiger partial charge in [-0.2, -0.15) is 0 Å². The Morgan fingerprint density at radius 2 is 0.862 bits per heavy atom. The quantitative estimate of drug-likeness (QED) is 0.406. The van der Waals surface area contributed by atoms with Crippen molar-refractivity contribution in [3.8, 4) is 17.2 Å². The van der Waals surface area contributed by atoms with Crippen molar-refractivity contribution in [2.75, 3.05) is 21.3 Å². The molecule has 0 spiro atoms. The molecule has 0 atom stereocenters. The summed E-state index contributed by atoms with van der Waals surface area (Å²) in [5, 5.41) is 12.7. The van der Waals surface area contributed by atoms with Gasteiger partial charge in [0.25, 0.3) is 0 Å². The number of benzene rings is 3. The Labute approximate surface area is 192 Å². The van der Waals surface area contributed by atoms with Crippen LogP contribution in [0.1, 0.15) is 16.7 Å². The number of carboxylic acid groups (broad SMARTS) is 1. The van der Waals surface area contributed by atoms with E-state index in [0.29, 0.717) is 33.9 Å². The number of aliphatic carboxylic acids is 1. The maximum Gasteiger partial charge on any atom is 1.00 e. The van der Waals surface area contributed by atoms with E-state index in [1.54, 1.807) is 94.1 Å². The zero-order valence-electron chi connectivity index (χ0n) is 17.0. The molecule has 0 fully saturated rings. The molecule has 0 radical (unpaired) electrons. The van der Waals surface area contributed by atoms with Gasteiger partial charge in [-0.05, 0) is 53.1 Å². The molecule has 0 saturated carbocycles. The summed E-state index contributed by atoms with van der Waals surface area (Å²) in [4.78, 5) is 12.7. The molecule has 0 bridgehead atoms. The average molecular weight is 400 g/mol. The van der Waals surface area contributed by atoms with Crippen LogP contribution in [0.3, 0.4) is 0 Å². The third-order valence-corrected chi connectivity index (χ3v) is 4.88. The second-order valence-electron chi connectivity index (χ2n) is 6.22. The van der Waals surface area contributed by atoms with Gasteiger partial charge in [0, 0.05) is 0 Å². The van der Waals surface area contributed by atoms with Crippen LogP contribution < -0.4 is 48.9 Å². The fraction of sp³-hybridized carbons (Fsp3) is 0.174. The van der Waals surface area contributed by atoms with E-state index in [0.717, 1.165) is 0 Å². The standard InChI is InChI=1S/C23H22O5.Na/c1-26-19-10-4-16(5-11-19)23(22(24)25,17-6-12-20(27-2)13-7-17)18-8-14-21(28-3)15-9-18;/h4-15H,1-3H3,(H,24,25);/q;+1/p-1. The molecule has 0 unspecified atom stereocenters. The van der Waals surface area contributed by atoms with Gasteiger partial charge in [0.2, 0.25) is 0 Å². The van der Waals surface area contributed by atoms with Crippen molar-refractivity contribution in [2.45, 2.75) is 5.41 Å². The van der Waals surface area contributed by atoms with Crippen LogP contribution in [0.4, 0.5) is 0 Å². The SMILES string of the molecule is COc1ccc(C(C(=O)[O-])(c2ccc(OC)cc2)c2ccc(OC)cc2)cc1.[Na+]. The Morgan fingerprint density at radius 3 is 1.03 bits per heavy atom. The molecule has 3 aromatic rings. The van der Waals surface area contributed by atoms with E-state index in [-0.39, 0.29) is 29.6 Å². The number of hydrogen-bond acceptors (Lipinski definition) is 5. The molecule has 144 valence electrons. The first-order chi connectivity index (χ1) is 13.6. The molecule has 0 aliphatic heterocycles. The fourth-order valence-electron chi connectivity index (χ4n) is 3.38. The van der Waals surface area contributed by atoms with E-state index in [2.05, 4.69) is 0 Å². The minimum atomic E-state index is -1.51. The normalized spacial score (nSPS) is 10.6. The third kappa shape index (κ3) is 4.27. The molecular weight excluding hydrogens is 379 g/mol. The molecule has 0 heterocycles. The topological polar surface area (TPSA) is 67.8 Å². The number of carbonyl (C=O) groups excluding carboxylic acids is 1. The minimum absolute atomic E-state index is 0. The second kappa shape index (κ2) is 9.83. The summed E-state index contributed by atoms with van der Waals surface area (Å²) in [5.41, 5.74) is 0.168. The first-order valence-corrected chi connectivity index (χ1v) is 8.71. The van der Waals surface area contributed by atoms with Gasteiger partial charge in [-0.25, -0.2) is 0 Å². The number of carbonyl (C=O) groups is 1. The minimum Gasteiger partial charge on any atom is -0.548 e. The van der Waals surface area contributed by atoms with E-state index < -0.39 is 11.4 Å². The van der Waals surface area contributed by atoms with Crippen LogP contribution in [0.5, 0.6) is 17.2 Å². The zero-order valence-corrected chi connectivity index (χ0v) is 19.0. The Balaban J connectivity index is 0.00000300. The molecule has 0 aromatic heterocycles. The van der Waals surface area contributed by atoms with Crippen molar-refractivity contribution in [1.82, 2.24) is 0 Å². The summed E-state index contributed by atoms with van der Waals surface area (Å²) in [6.45, 7) is 0. The van der Waals surface area contributed by atoms with E-state index >= 15 is 0 Å². The molecule has 0 N–H and O–H groups in total. The summed E-state index contributed by atoms with van der Waals surface area (Å²) in [6.07, 6.45) is 0. The predicted molar refractivity (Wildman–Crippen MR) is 104 cm³/mol. The first kappa shape index (κ1) is 22.8. The molecule has 6 heteroatoms. The molecule has 5 nitrogen and oxygen atoms in total. The van der Waals surface area contributed by atoms with Crippen molar-refractivity contribution in [2.24, 2.45) is 0 Å². The Hall–Kier alpha value is -2.47. The van der Waals surface area contributed by atoms with Gasteiger partial charge in [0.05, 0.1) is 32.7 Å². The maximum absolute atomic E-state index is 12.7. The Bertz CT molecular complexity index is 819. The van der Waals surface area contributed by atoms with Gasteiger partial charge in [-0.15, -0.1) is 0 Å². The van der Waals surface area contributed by atoms with Crippen molar-refractivity contribution in [3.05, 3.63) is 89.5 Å².